The van der Waals surface area contributed by atoms with Crippen molar-refractivity contribution in [1.29, 1.82) is 0 Å². The van der Waals surface area contributed by atoms with Crippen LogP contribution in [0.5, 0.6) is 5.75 Å². The molecule has 9 heteroatoms. The monoisotopic (exact) mass is 383 g/mol. The van der Waals surface area contributed by atoms with Gasteiger partial charge in [0, 0.05) is 11.1 Å². The van der Waals surface area contributed by atoms with E-state index in [1.165, 1.54) is 18.2 Å². The van der Waals surface area contributed by atoms with E-state index in [0.717, 1.165) is 0 Å². The summed E-state index contributed by atoms with van der Waals surface area (Å²) in [4.78, 5) is 37.3. The lowest BCUT2D eigenvalue weighted by Gasteiger charge is -2.09. The second-order valence-electron chi connectivity index (χ2n) is 5.68. The summed E-state index contributed by atoms with van der Waals surface area (Å²) in [6, 6.07) is 12.9. The molecule has 0 saturated heterocycles. The Balaban J connectivity index is 1.90. The van der Waals surface area contributed by atoms with Crippen molar-refractivity contribution in [2.75, 3.05) is 0 Å². The van der Waals surface area contributed by atoms with Crippen molar-refractivity contribution in [3.8, 4) is 5.75 Å². The van der Waals surface area contributed by atoms with Crippen LogP contribution in [0.15, 0.2) is 58.1 Å². The van der Waals surface area contributed by atoms with Gasteiger partial charge < -0.3 is 9.72 Å². The van der Waals surface area contributed by atoms with E-state index in [0.29, 0.717) is 16.9 Å². The lowest BCUT2D eigenvalue weighted by Crippen LogP contribution is -2.25. The maximum Gasteiger partial charge on any atom is 0.357 e. The van der Waals surface area contributed by atoms with Crippen LogP contribution in [0, 0.1) is 15.9 Å². The van der Waals surface area contributed by atoms with Crippen LogP contribution in [-0.2, 0) is 6.61 Å². The van der Waals surface area contributed by atoms with Gasteiger partial charge >= 0.3 is 16.9 Å². The average molecular weight is 383 g/mol. The Labute approximate surface area is 157 Å². The van der Waals surface area contributed by atoms with Gasteiger partial charge in [0.05, 0.1) is 4.92 Å². The van der Waals surface area contributed by atoms with Crippen LogP contribution in [0.25, 0.3) is 12.2 Å². The normalized spacial score (nSPS) is 10.9. The van der Waals surface area contributed by atoms with Crippen molar-refractivity contribution in [1.82, 2.24) is 9.97 Å². The van der Waals surface area contributed by atoms with Gasteiger partial charge in [-0.1, -0.05) is 36.4 Å². The summed E-state index contributed by atoms with van der Waals surface area (Å²) in [5.74, 6) is 0.00378. The third-order valence-electron chi connectivity index (χ3n) is 3.82. The molecule has 3 rings (SSSR count). The van der Waals surface area contributed by atoms with Crippen molar-refractivity contribution in [3.63, 3.8) is 0 Å². The molecule has 0 aliphatic carbocycles. The molecule has 0 amide bonds. The minimum Gasteiger partial charge on any atom is -0.488 e. The molecule has 0 aliphatic heterocycles. The number of hydrogen-bond acceptors (Lipinski definition) is 5. The molecule has 0 radical (unpaired) electrons. The molecule has 1 aromatic heterocycles. The van der Waals surface area contributed by atoms with Crippen molar-refractivity contribution >= 4 is 17.8 Å². The Bertz CT molecular complexity index is 1170. The second-order valence-corrected chi connectivity index (χ2v) is 5.68. The zero-order valence-corrected chi connectivity index (χ0v) is 14.3. The second kappa shape index (κ2) is 8.12. The fourth-order valence-corrected chi connectivity index (χ4v) is 2.49. The summed E-state index contributed by atoms with van der Waals surface area (Å²) in [5, 5.41) is 11.1. The topological polar surface area (TPSA) is 118 Å². The number of hydrogen-bond donors (Lipinski definition) is 2. The van der Waals surface area contributed by atoms with Gasteiger partial charge in [0.1, 0.15) is 23.9 Å². The van der Waals surface area contributed by atoms with Crippen LogP contribution < -0.4 is 16.0 Å². The molecule has 0 aliphatic rings. The number of nitrogens with one attached hydrogen (secondary N) is 2. The fourth-order valence-electron chi connectivity index (χ4n) is 2.49. The molecule has 2 aromatic carbocycles. The molecular formula is C19H14FN3O5. The third kappa shape index (κ3) is 4.21. The first-order valence-electron chi connectivity index (χ1n) is 8.10. The predicted molar refractivity (Wildman–Crippen MR) is 100 cm³/mol. The molecule has 0 spiro atoms. The molecule has 0 saturated carbocycles. The van der Waals surface area contributed by atoms with Gasteiger partial charge in [-0.2, -0.15) is 0 Å². The van der Waals surface area contributed by atoms with Gasteiger partial charge in [-0.25, -0.2) is 9.18 Å². The van der Waals surface area contributed by atoms with Gasteiger partial charge in [-0.15, -0.1) is 0 Å². The zero-order valence-electron chi connectivity index (χ0n) is 14.3. The summed E-state index contributed by atoms with van der Waals surface area (Å²) >= 11 is 0. The van der Waals surface area contributed by atoms with Gasteiger partial charge in [-0.05, 0) is 24.3 Å². The SMILES string of the molecule is O=c1[nH]c(/C=C\c2ccccc2OCc2ccccc2F)c([N+](=O)[O-])c(=O)[nH]1. The van der Waals surface area contributed by atoms with Crippen molar-refractivity contribution in [3.05, 3.63) is 102 Å². The molecule has 0 fully saturated rings. The molecule has 28 heavy (non-hydrogen) atoms. The first kappa shape index (κ1) is 18.8. The molecule has 0 bridgehead atoms. The van der Waals surface area contributed by atoms with Crippen LogP contribution >= 0.6 is 0 Å². The number of H-pyrrole nitrogens is 2. The fraction of sp³-hybridized carbons (Fsp3) is 0.0526. The summed E-state index contributed by atoms with van der Waals surface area (Å²) in [7, 11) is 0. The highest BCUT2D eigenvalue weighted by Gasteiger charge is 2.18. The van der Waals surface area contributed by atoms with Crippen LogP contribution in [0.4, 0.5) is 10.1 Å². The quantitative estimate of drug-likeness (QED) is 0.501. The number of aromatic amines is 2. The smallest absolute Gasteiger partial charge is 0.357 e. The Kier molecular flexibility index (Phi) is 5.45. The van der Waals surface area contributed by atoms with Gasteiger partial charge in [0.15, 0.2) is 0 Å². The van der Waals surface area contributed by atoms with Crippen LogP contribution in [0.2, 0.25) is 0 Å². The number of nitro groups is 1. The molecule has 3 aromatic rings. The molecule has 8 nitrogen and oxygen atoms in total. The number of rotatable bonds is 6. The Morgan fingerprint density at radius 2 is 1.75 bits per heavy atom. The number of aromatic nitrogens is 2. The largest absolute Gasteiger partial charge is 0.488 e. The van der Waals surface area contributed by atoms with E-state index < -0.39 is 27.7 Å². The summed E-state index contributed by atoms with van der Waals surface area (Å²) < 4.78 is 19.4. The highest BCUT2D eigenvalue weighted by Crippen LogP contribution is 2.23. The van der Waals surface area contributed by atoms with E-state index in [1.54, 1.807) is 42.5 Å². The van der Waals surface area contributed by atoms with Crippen molar-refractivity contribution < 1.29 is 14.1 Å². The highest BCUT2D eigenvalue weighted by atomic mass is 19.1. The van der Waals surface area contributed by atoms with E-state index in [2.05, 4.69) is 4.98 Å². The van der Waals surface area contributed by atoms with Crippen LogP contribution in [0.1, 0.15) is 16.8 Å². The summed E-state index contributed by atoms with van der Waals surface area (Å²) in [6.07, 6.45) is 2.69. The minimum atomic E-state index is -1.10. The molecule has 142 valence electrons. The van der Waals surface area contributed by atoms with Crippen molar-refractivity contribution in [2.45, 2.75) is 6.61 Å². The number of halogens is 1. The zero-order chi connectivity index (χ0) is 20.1. The van der Waals surface area contributed by atoms with Crippen molar-refractivity contribution in [2.24, 2.45) is 0 Å². The molecule has 0 unspecified atom stereocenters. The summed E-state index contributed by atoms with van der Waals surface area (Å²) in [5.41, 5.74) is -2.09. The van der Waals surface area contributed by atoms with Gasteiger partial charge in [0.2, 0.25) is 0 Å². The lowest BCUT2D eigenvalue weighted by molar-refractivity contribution is -0.386. The average Bonchev–Trinajstić information content (AvgIpc) is 2.65. The Morgan fingerprint density at radius 1 is 1.04 bits per heavy atom. The maximum absolute atomic E-state index is 13.7. The number of ether oxygens (including phenoxy) is 1. The van der Waals surface area contributed by atoms with E-state index in [4.69, 9.17) is 4.74 Å². The Hall–Kier alpha value is -4.01. The standard InChI is InChI=1S/C19H14FN3O5/c20-14-7-3-1-6-13(14)11-28-16-8-4-2-5-12(16)9-10-15-17(23(26)27)18(24)22-19(25)21-15/h1-10H,11H2,(H2,21,22,24,25)/b10-9-. The first-order valence-corrected chi connectivity index (χ1v) is 8.10. The third-order valence-corrected chi connectivity index (χ3v) is 3.82. The molecule has 2 N–H and O–H groups in total. The molecule has 0 atom stereocenters. The highest BCUT2D eigenvalue weighted by molar-refractivity contribution is 5.74. The van der Waals surface area contributed by atoms with E-state index in [-0.39, 0.29) is 12.3 Å². The Morgan fingerprint density at radius 3 is 2.50 bits per heavy atom. The molecular weight excluding hydrogens is 369 g/mol. The maximum atomic E-state index is 13.7. The molecule has 1 heterocycles. The minimum absolute atomic E-state index is 0.0144. The van der Waals surface area contributed by atoms with Crippen LogP contribution in [-0.4, -0.2) is 14.9 Å². The summed E-state index contributed by atoms with van der Waals surface area (Å²) in [6.45, 7) is -0.0144. The van der Waals surface area contributed by atoms with E-state index in [1.807, 2.05) is 4.98 Å². The van der Waals surface area contributed by atoms with E-state index >= 15 is 0 Å². The number of nitrogens with zero attached hydrogens (tertiary/aromatic N) is 1. The van der Waals surface area contributed by atoms with E-state index in [9.17, 15) is 24.1 Å². The van der Waals surface area contributed by atoms with Crippen LogP contribution in [0.3, 0.4) is 0 Å². The lowest BCUT2D eigenvalue weighted by atomic mass is 10.1. The van der Waals surface area contributed by atoms with Gasteiger partial charge in [0.25, 0.3) is 0 Å². The predicted octanol–water partition coefficient (Wildman–Crippen LogP) is 2.86. The number of benzene rings is 2. The van der Waals surface area contributed by atoms with Gasteiger partial charge in [-0.3, -0.25) is 19.9 Å². The number of para-hydroxylation sites is 1. The first-order chi connectivity index (χ1) is 13.5.